The Morgan fingerprint density at radius 2 is 1.91 bits per heavy atom. The summed E-state index contributed by atoms with van der Waals surface area (Å²) in [5, 5.41) is 4.72. The molecule has 3 aromatic rings. The molecule has 3 rings (SSSR count). The Bertz CT molecular complexity index is 808. The van der Waals surface area contributed by atoms with Crippen LogP contribution in [-0.2, 0) is 0 Å². The van der Waals surface area contributed by atoms with Crippen molar-refractivity contribution in [1.29, 1.82) is 0 Å². The number of carbonyl (C=O) groups is 1. The van der Waals surface area contributed by atoms with E-state index in [1.165, 1.54) is 17.4 Å². The van der Waals surface area contributed by atoms with E-state index in [1.807, 2.05) is 24.4 Å². The van der Waals surface area contributed by atoms with Gasteiger partial charge in [-0.1, -0.05) is 23.5 Å². The van der Waals surface area contributed by atoms with Crippen molar-refractivity contribution < 1.29 is 13.6 Å². The lowest BCUT2D eigenvalue weighted by Crippen LogP contribution is -2.15. The minimum Gasteiger partial charge on any atom is -0.298 e. The summed E-state index contributed by atoms with van der Waals surface area (Å²) < 4.78 is 27.2. The highest BCUT2D eigenvalue weighted by molar-refractivity contribution is 7.23. The van der Waals surface area contributed by atoms with Crippen LogP contribution in [0.15, 0.2) is 35.7 Å². The number of thiazole rings is 1. The van der Waals surface area contributed by atoms with Crippen LogP contribution in [0.4, 0.5) is 13.9 Å². The highest BCUT2D eigenvalue weighted by atomic mass is 32.1. The second-order valence-electron chi connectivity index (χ2n) is 4.46. The van der Waals surface area contributed by atoms with E-state index in [0.717, 1.165) is 27.6 Å². The fourth-order valence-electron chi connectivity index (χ4n) is 1.96. The Labute approximate surface area is 133 Å². The van der Waals surface area contributed by atoms with Gasteiger partial charge in [-0.05, 0) is 30.5 Å². The van der Waals surface area contributed by atoms with Crippen LogP contribution in [0.25, 0.3) is 9.75 Å². The number of benzene rings is 1. The van der Waals surface area contributed by atoms with Crippen LogP contribution in [-0.4, -0.2) is 10.9 Å². The van der Waals surface area contributed by atoms with Crippen LogP contribution in [0.3, 0.4) is 0 Å². The van der Waals surface area contributed by atoms with Crippen LogP contribution in [0.5, 0.6) is 0 Å². The maximum atomic E-state index is 13.6. The van der Waals surface area contributed by atoms with E-state index >= 15 is 0 Å². The van der Waals surface area contributed by atoms with Gasteiger partial charge in [-0.25, -0.2) is 13.8 Å². The van der Waals surface area contributed by atoms with E-state index < -0.39 is 23.1 Å². The van der Waals surface area contributed by atoms with Gasteiger partial charge in [0.1, 0.15) is 17.2 Å². The van der Waals surface area contributed by atoms with Crippen LogP contribution in [0.2, 0.25) is 0 Å². The highest BCUT2D eigenvalue weighted by Gasteiger charge is 2.19. The molecule has 0 saturated carbocycles. The van der Waals surface area contributed by atoms with E-state index in [4.69, 9.17) is 0 Å². The number of nitrogens with zero attached hydrogens (tertiary/aromatic N) is 1. The summed E-state index contributed by atoms with van der Waals surface area (Å²) >= 11 is 2.84. The summed E-state index contributed by atoms with van der Waals surface area (Å²) in [6.45, 7) is 1.82. The maximum absolute atomic E-state index is 13.6. The van der Waals surface area contributed by atoms with Gasteiger partial charge in [-0.2, -0.15) is 0 Å². The Kier molecular flexibility index (Phi) is 4.00. The smallest absolute Gasteiger partial charge is 0.263 e. The molecular formula is C15H10F2N2OS2. The summed E-state index contributed by atoms with van der Waals surface area (Å²) in [5.74, 6) is -2.64. The topological polar surface area (TPSA) is 42.0 Å². The van der Waals surface area contributed by atoms with E-state index in [2.05, 4.69) is 10.3 Å². The maximum Gasteiger partial charge on any atom is 0.263 e. The average Bonchev–Trinajstić information content (AvgIpc) is 3.08. The number of aromatic nitrogens is 1. The first-order chi connectivity index (χ1) is 10.6. The molecule has 0 aliphatic carbocycles. The fourth-order valence-corrected chi connectivity index (χ4v) is 3.83. The lowest BCUT2D eigenvalue weighted by molar-refractivity contribution is 0.101. The summed E-state index contributed by atoms with van der Waals surface area (Å²) in [5.41, 5.74) is 0.157. The molecule has 0 atom stereocenters. The Morgan fingerprint density at radius 3 is 2.55 bits per heavy atom. The molecule has 0 unspecified atom stereocenters. The van der Waals surface area contributed by atoms with E-state index in [0.29, 0.717) is 5.13 Å². The number of thiophene rings is 1. The van der Waals surface area contributed by atoms with Gasteiger partial charge >= 0.3 is 0 Å². The molecule has 0 saturated heterocycles. The van der Waals surface area contributed by atoms with Crippen molar-refractivity contribution in [3.8, 4) is 9.75 Å². The van der Waals surface area contributed by atoms with Gasteiger partial charge in [0, 0.05) is 4.88 Å². The van der Waals surface area contributed by atoms with Gasteiger partial charge in [-0.3, -0.25) is 10.1 Å². The largest absolute Gasteiger partial charge is 0.298 e. The zero-order chi connectivity index (χ0) is 15.7. The molecular weight excluding hydrogens is 326 g/mol. The molecule has 0 fully saturated rings. The number of nitrogens with one attached hydrogen (secondary N) is 1. The number of anilines is 1. The number of hydrogen-bond acceptors (Lipinski definition) is 4. The zero-order valence-corrected chi connectivity index (χ0v) is 13.0. The minimum absolute atomic E-state index is 0.313. The molecule has 0 bridgehead atoms. The summed E-state index contributed by atoms with van der Waals surface area (Å²) in [6, 6.07) is 7.17. The van der Waals surface area contributed by atoms with Crippen LogP contribution < -0.4 is 5.32 Å². The SMILES string of the molecule is Cc1nc(NC(=O)c2c(F)cccc2F)sc1-c1cccs1. The molecule has 0 radical (unpaired) electrons. The highest BCUT2D eigenvalue weighted by Crippen LogP contribution is 2.35. The van der Waals surface area contributed by atoms with Gasteiger partial charge in [0.05, 0.1) is 10.6 Å². The summed E-state index contributed by atoms with van der Waals surface area (Å²) in [4.78, 5) is 18.2. The zero-order valence-electron chi connectivity index (χ0n) is 11.4. The monoisotopic (exact) mass is 336 g/mol. The second kappa shape index (κ2) is 5.94. The Balaban J connectivity index is 1.88. The third-order valence-electron chi connectivity index (χ3n) is 2.95. The predicted molar refractivity (Wildman–Crippen MR) is 84.5 cm³/mol. The normalized spacial score (nSPS) is 10.7. The molecule has 0 spiro atoms. The van der Waals surface area contributed by atoms with Crippen LogP contribution >= 0.6 is 22.7 Å². The van der Waals surface area contributed by atoms with Crippen LogP contribution in [0.1, 0.15) is 16.1 Å². The third kappa shape index (κ3) is 2.77. The Hall–Kier alpha value is -2.12. The number of carbonyl (C=O) groups excluding carboxylic acids is 1. The summed E-state index contributed by atoms with van der Waals surface area (Å²) in [7, 11) is 0. The third-order valence-corrected chi connectivity index (χ3v) is 5.07. The first kappa shape index (κ1) is 14.8. The lowest BCUT2D eigenvalue weighted by atomic mass is 10.2. The van der Waals surface area contributed by atoms with Crippen molar-refractivity contribution in [2.45, 2.75) is 6.92 Å². The molecule has 0 aliphatic heterocycles. The molecule has 22 heavy (non-hydrogen) atoms. The average molecular weight is 336 g/mol. The quantitative estimate of drug-likeness (QED) is 0.752. The molecule has 0 aliphatic rings. The number of amides is 1. The molecule has 2 aromatic heterocycles. The molecule has 1 aromatic carbocycles. The van der Waals surface area contributed by atoms with Crippen molar-refractivity contribution in [2.75, 3.05) is 5.32 Å². The lowest BCUT2D eigenvalue weighted by Gasteiger charge is -2.04. The van der Waals surface area contributed by atoms with Gasteiger partial charge in [-0.15, -0.1) is 11.3 Å². The van der Waals surface area contributed by atoms with Crippen molar-refractivity contribution in [2.24, 2.45) is 0 Å². The van der Waals surface area contributed by atoms with Gasteiger partial charge < -0.3 is 0 Å². The van der Waals surface area contributed by atoms with E-state index in [9.17, 15) is 13.6 Å². The predicted octanol–water partition coefficient (Wildman–Crippen LogP) is 4.71. The molecule has 112 valence electrons. The van der Waals surface area contributed by atoms with Crippen LogP contribution in [0, 0.1) is 18.6 Å². The number of halogens is 2. The second-order valence-corrected chi connectivity index (χ2v) is 6.41. The summed E-state index contributed by atoms with van der Waals surface area (Å²) in [6.07, 6.45) is 0. The molecule has 1 N–H and O–H groups in total. The number of rotatable bonds is 3. The fraction of sp³-hybridized carbons (Fsp3) is 0.0667. The molecule has 2 heterocycles. The van der Waals surface area contributed by atoms with Crippen molar-refractivity contribution >= 4 is 33.7 Å². The molecule has 3 nitrogen and oxygen atoms in total. The van der Waals surface area contributed by atoms with Crippen molar-refractivity contribution in [1.82, 2.24) is 4.98 Å². The first-order valence-electron chi connectivity index (χ1n) is 6.33. The standard InChI is InChI=1S/C15H10F2N2OS2/c1-8-13(11-6-3-7-21-11)22-15(18-8)19-14(20)12-9(16)4-2-5-10(12)17/h2-7H,1H3,(H,18,19,20). The minimum atomic E-state index is -0.899. The Morgan fingerprint density at radius 1 is 1.18 bits per heavy atom. The van der Waals surface area contributed by atoms with Crippen molar-refractivity contribution in [3.05, 3.63) is 58.6 Å². The van der Waals surface area contributed by atoms with Gasteiger partial charge in [0.25, 0.3) is 5.91 Å². The van der Waals surface area contributed by atoms with Crippen molar-refractivity contribution in [3.63, 3.8) is 0 Å². The van der Waals surface area contributed by atoms with E-state index in [-0.39, 0.29) is 0 Å². The van der Waals surface area contributed by atoms with Gasteiger partial charge in [0.2, 0.25) is 0 Å². The van der Waals surface area contributed by atoms with Gasteiger partial charge in [0.15, 0.2) is 5.13 Å². The number of aryl methyl sites for hydroxylation is 1. The molecule has 7 heteroatoms. The first-order valence-corrected chi connectivity index (χ1v) is 8.02. The molecule has 1 amide bonds. The van der Waals surface area contributed by atoms with E-state index in [1.54, 1.807) is 11.3 Å². The number of hydrogen-bond donors (Lipinski definition) is 1.